The molecule has 0 saturated carbocycles. The average molecular weight is 392 g/mol. The Balaban J connectivity index is 1.57. The van der Waals surface area contributed by atoms with E-state index >= 15 is 0 Å². The van der Waals surface area contributed by atoms with Crippen molar-refractivity contribution >= 4 is 49.4 Å². The lowest BCUT2D eigenvalue weighted by atomic mass is 10.0. The Bertz CT molecular complexity index is 1180. The van der Waals surface area contributed by atoms with Gasteiger partial charge in [0.2, 0.25) is 11.8 Å². The van der Waals surface area contributed by atoms with E-state index in [1.165, 1.54) is 18.3 Å². The van der Waals surface area contributed by atoms with Gasteiger partial charge in [0.1, 0.15) is 6.04 Å². The number of rotatable bonds is 5. The number of aryl methyl sites for hydroxylation is 1. The van der Waals surface area contributed by atoms with Gasteiger partial charge in [0, 0.05) is 30.4 Å². The number of carbonyl (C=O) groups excluding carboxylic acids is 2. The molecule has 1 atom stereocenters. The van der Waals surface area contributed by atoms with Gasteiger partial charge in [-0.15, -0.1) is 0 Å². The van der Waals surface area contributed by atoms with Crippen molar-refractivity contribution in [1.82, 2.24) is 15.3 Å². The molecule has 2 aromatic carbocycles. The second-order valence-corrected chi connectivity index (χ2v) is 7.83. The summed E-state index contributed by atoms with van der Waals surface area (Å²) in [6, 6.07) is 13.2. The van der Waals surface area contributed by atoms with Gasteiger partial charge in [0.05, 0.1) is 10.2 Å². The van der Waals surface area contributed by atoms with Gasteiger partial charge in [0.25, 0.3) is 0 Å². The molecule has 0 saturated heterocycles. The second kappa shape index (κ2) is 7.44. The molecule has 142 valence electrons. The molecule has 4 rings (SSSR count). The summed E-state index contributed by atoms with van der Waals surface area (Å²) in [5.74, 6) is -0.531. The highest BCUT2D eigenvalue weighted by atomic mass is 32.1. The zero-order valence-corrected chi connectivity index (χ0v) is 16.4. The fourth-order valence-electron chi connectivity index (χ4n) is 3.25. The van der Waals surface area contributed by atoms with Crippen LogP contribution in [-0.2, 0) is 16.0 Å². The Morgan fingerprint density at radius 3 is 2.86 bits per heavy atom. The number of amides is 2. The molecule has 6 nitrogen and oxygen atoms in total. The van der Waals surface area contributed by atoms with E-state index in [2.05, 4.69) is 20.6 Å². The topological polar surface area (TPSA) is 86.9 Å². The standard InChI is InChI=1S/C21H20N4O2S/c1-12-7-8-17-19(9-12)28-21(24-17)25-20(27)18(23-13(2)26)10-14-11-22-16-6-4-3-5-15(14)16/h3-9,11,18,22H,10H2,1-2H3,(H,23,26)(H,24,25,27). The maximum atomic E-state index is 12.9. The van der Waals surface area contributed by atoms with Gasteiger partial charge < -0.3 is 15.6 Å². The van der Waals surface area contributed by atoms with E-state index in [0.717, 1.165) is 32.2 Å². The molecular weight excluding hydrogens is 372 g/mol. The first-order chi connectivity index (χ1) is 13.5. The van der Waals surface area contributed by atoms with E-state index in [0.29, 0.717) is 11.6 Å². The maximum Gasteiger partial charge on any atom is 0.249 e. The Morgan fingerprint density at radius 1 is 1.21 bits per heavy atom. The fourth-order valence-corrected chi connectivity index (χ4v) is 4.22. The molecule has 0 spiro atoms. The van der Waals surface area contributed by atoms with E-state index < -0.39 is 6.04 Å². The molecule has 3 N–H and O–H groups in total. The molecule has 0 radical (unpaired) electrons. The van der Waals surface area contributed by atoms with Crippen molar-refractivity contribution in [2.24, 2.45) is 0 Å². The number of para-hydroxylation sites is 1. The quantitative estimate of drug-likeness (QED) is 0.483. The highest BCUT2D eigenvalue weighted by molar-refractivity contribution is 7.22. The van der Waals surface area contributed by atoms with Crippen LogP contribution in [0.2, 0.25) is 0 Å². The Kier molecular flexibility index (Phi) is 4.83. The van der Waals surface area contributed by atoms with Crippen LogP contribution >= 0.6 is 11.3 Å². The van der Waals surface area contributed by atoms with Crippen LogP contribution in [0, 0.1) is 6.92 Å². The number of hydrogen-bond donors (Lipinski definition) is 3. The van der Waals surface area contributed by atoms with Crippen LogP contribution in [-0.4, -0.2) is 27.8 Å². The van der Waals surface area contributed by atoms with Crippen molar-refractivity contribution in [2.75, 3.05) is 5.32 Å². The molecule has 2 amide bonds. The monoisotopic (exact) mass is 392 g/mol. The Hall–Kier alpha value is -3.19. The van der Waals surface area contributed by atoms with Crippen LogP contribution in [0.4, 0.5) is 5.13 Å². The van der Waals surface area contributed by atoms with Crippen LogP contribution in [0.3, 0.4) is 0 Å². The van der Waals surface area contributed by atoms with Crippen LogP contribution < -0.4 is 10.6 Å². The molecule has 2 aromatic heterocycles. The van der Waals surface area contributed by atoms with Crippen molar-refractivity contribution in [3.8, 4) is 0 Å². The van der Waals surface area contributed by atoms with E-state index in [9.17, 15) is 9.59 Å². The first-order valence-electron chi connectivity index (χ1n) is 9.00. The van der Waals surface area contributed by atoms with E-state index in [-0.39, 0.29) is 11.8 Å². The first-order valence-corrected chi connectivity index (χ1v) is 9.81. The number of H-pyrrole nitrogens is 1. The number of aromatic nitrogens is 2. The molecule has 0 bridgehead atoms. The first kappa shape index (κ1) is 18.2. The normalized spacial score (nSPS) is 12.2. The number of benzene rings is 2. The minimum absolute atomic E-state index is 0.250. The van der Waals surface area contributed by atoms with Gasteiger partial charge >= 0.3 is 0 Å². The predicted molar refractivity (Wildman–Crippen MR) is 113 cm³/mol. The summed E-state index contributed by atoms with van der Waals surface area (Å²) in [6.07, 6.45) is 2.27. The number of fused-ring (bicyclic) bond motifs is 2. The third-order valence-corrected chi connectivity index (χ3v) is 5.50. The highest BCUT2D eigenvalue weighted by Gasteiger charge is 2.22. The molecule has 7 heteroatoms. The smallest absolute Gasteiger partial charge is 0.249 e. The molecule has 0 aliphatic heterocycles. The summed E-state index contributed by atoms with van der Waals surface area (Å²) in [6.45, 7) is 3.43. The van der Waals surface area contributed by atoms with Crippen LogP contribution in [0.5, 0.6) is 0 Å². The molecular formula is C21H20N4O2S. The summed E-state index contributed by atoms with van der Waals surface area (Å²) in [5.41, 5.74) is 3.97. The molecule has 1 unspecified atom stereocenters. The summed E-state index contributed by atoms with van der Waals surface area (Å²) in [7, 11) is 0. The summed E-state index contributed by atoms with van der Waals surface area (Å²) >= 11 is 1.42. The van der Waals surface area contributed by atoms with Crippen LogP contribution in [0.1, 0.15) is 18.1 Å². The lowest BCUT2D eigenvalue weighted by Gasteiger charge is -2.16. The number of thiazole rings is 1. The van der Waals surface area contributed by atoms with Gasteiger partial charge in [-0.25, -0.2) is 4.98 Å². The molecule has 28 heavy (non-hydrogen) atoms. The van der Waals surface area contributed by atoms with E-state index in [1.54, 1.807) is 0 Å². The predicted octanol–water partition coefficient (Wildman–Crippen LogP) is 3.77. The molecule has 0 fully saturated rings. The summed E-state index contributed by atoms with van der Waals surface area (Å²) in [4.78, 5) is 32.2. The number of nitrogens with zero attached hydrogens (tertiary/aromatic N) is 1. The zero-order chi connectivity index (χ0) is 19.7. The van der Waals surface area contributed by atoms with Gasteiger partial charge in [-0.3, -0.25) is 9.59 Å². The average Bonchev–Trinajstić information content (AvgIpc) is 3.24. The lowest BCUT2D eigenvalue weighted by molar-refractivity contribution is -0.125. The highest BCUT2D eigenvalue weighted by Crippen LogP contribution is 2.27. The fraction of sp³-hybridized carbons (Fsp3) is 0.190. The minimum Gasteiger partial charge on any atom is -0.361 e. The Morgan fingerprint density at radius 2 is 2.04 bits per heavy atom. The second-order valence-electron chi connectivity index (χ2n) is 6.80. The molecule has 2 heterocycles. The van der Waals surface area contributed by atoms with Gasteiger partial charge in [-0.1, -0.05) is 35.6 Å². The Labute approximate surface area is 166 Å². The maximum absolute atomic E-state index is 12.9. The van der Waals surface area contributed by atoms with E-state index in [4.69, 9.17) is 0 Å². The van der Waals surface area contributed by atoms with Crippen molar-refractivity contribution in [3.63, 3.8) is 0 Å². The minimum atomic E-state index is -0.689. The van der Waals surface area contributed by atoms with Crippen molar-refractivity contribution in [1.29, 1.82) is 0 Å². The number of nitrogens with one attached hydrogen (secondary N) is 3. The van der Waals surface area contributed by atoms with Gasteiger partial charge in [-0.2, -0.15) is 0 Å². The van der Waals surface area contributed by atoms with Crippen LogP contribution in [0.15, 0.2) is 48.7 Å². The van der Waals surface area contributed by atoms with Crippen molar-refractivity contribution in [2.45, 2.75) is 26.3 Å². The van der Waals surface area contributed by atoms with Crippen LogP contribution in [0.25, 0.3) is 21.1 Å². The van der Waals surface area contributed by atoms with Crippen molar-refractivity contribution < 1.29 is 9.59 Å². The molecule has 0 aliphatic rings. The lowest BCUT2D eigenvalue weighted by Crippen LogP contribution is -2.44. The summed E-state index contributed by atoms with van der Waals surface area (Å²) in [5, 5.41) is 7.19. The van der Waals surface area contributed by atoms with Crippen molar-refractivity contribution in [3.05, 3.63) is 59.8 Å². The number of anilines is 1. The number of carbonyl (C=O) groups is 2. The zero-order valence-electron chi connectivity index (χ0n) is 15.6. The molecule has 0 aliphatic carbocycles. The third-order valence-electron chi connectivity index (χ3n) is 4.57. The van der Waals surface area contributed by atoms with Gasteiger partial charge in [-0.05, 0) is 36.2 Å². The largest absolute Gasteiger partial charge is 0.361 e. The third kappa shape index (κ3) is 3.75. The number of hydrogen-bond acceptors (Lipinski definition) is 4. The number of aromatic amines is 1. The summed E-state index contributed by atoms with van der Waals surface area (Å²) < 4.78 is 1.02. The SMILES string of the molecule is CC(=O)NC(Cc1c[nH]c2ccccc12)C(=O)Nc1nc2ccc(C)cc2s1. The van der Waals surface area contributed by atoms with Gasteiger partial charge in [0.15, 0.2) is 5.13 Å². The molecule has 4 aromatic rings. The van der Waals surface area contributed by atoms with E-state index in [1.807, 2.05) is 55.6 Å².